The fourth-order valence-electron chi connectivity index (χ4n) is 0.973. The van der Waals surface area contributed by atoms with Crippen molar-refractivity contribution in [3.05, 3.63) is 0 Å². The Hall–Kier alpha value is -0.650. The molecule has 0 aromatic rings. The molecular weight excluding hydrogens is 210 g/mol. The smallest absolute Gasteiger partial charge is 0.320 e. The molecule has 0 saturated heterocycles. The SMILES string of the molecule is COCCOCCOC(=O)CNCC(C)C. The highest BCUT2D eigenvalue weighted by molar-refractivity contribution is 5.71. The van der Waals surface area contributed by atoms with Crippen LogP contribution in [0, 0.1) is 5.92 Å². The fraction of sp³-hybridized carbons (Fsp3) is 0.909. The van der Waals surface area contributed by atoms with Crippen LogP contribution in [-0.4, -0.2) is 52.6 Å². The summed E-state index contributed by atoms with van der Waals surface area (Å²) in [5.74, 6) is 0.293. The quantitative estimate of drug-likeness (QED) is 0.438. The van der Waals surface area contributed by atoms with Gasteiger partial charge in [0.05, 0.1) is 26.4 Å². The Morgan fingerprint density at radius 1 is 1.19 bits per heavy atom. The van der Waals surface area contributed by atoms with E-state index < -0.39 is 0 Å². The second-order valence-electron chi connectivity index (χ2n) is 3.85. The molecule has 0 amide bonds. The lowest BCUT2D eigenvalue weighted by Gasteiger charge is -2.08. The molecule has 0 spiro atoms. The predicted octanol–water partition coefficient (Wildman–Crippen LogP) is 0.438. The van der Waals surface area contributed by atoms with Crippen molar-refractivity contribution in [2.24, 2.45) is 5.92 Å². The maximum absolute atomic E-state index is 11.1. The molecule has 96 valence electrons. The Morgan fingerprint density at radius 3 is 2.50 bits per heavy atom. The van der Waals surface area contributed by atoms with E-state index in [2.05, 4.69) is 19.2 Å². The first-order valence-corrected chi connectivity index (χ1v) is 5.59. The molecule has 0 heterocycles. The average molecular weight is 233 g/mol. The highest BCUT2D eigenvalue weighted by atomic mass is 16.6. The van der Waals surface area contributed by atoms with Crippen molar-refractivity contribution < 1.29 is 19.0 Å². The lowest BCUT2D eigenvalue weighted by molar-refractivity contribution is -0.144. The number of hydrogen-bond acceptors (Lipinski definition) is 5. The van der Waals surface area contributed by atoms with Crippen molar-refractivity contribution in [2.75, 3.05) is 46.6 Å². The van der Waals surface area contributed by atoms with Gasteiger partial charge in [0.2, 0.25) is 0 Å². The number of hydrogen-bond donors (Lipinski definition) is 1. The minimum absolute atomic E-state index is 0.240. The minimum Gasteiger partial charge on any atom is -0.462 e. The van der Waals surface area contributed by atoms with Crippen LogP contribution >= 0.6 is 0 Å². The van der Waals surface area contributed by atoms with E-state index in [4.69, 9.17) is 14.2 Å². The molecule has 0 aromatic carbocycles. The minimum atomic E-state index is -0.240. The molecule has 0 aliphatic heterocycles. The molecule has 5 nitrogen and oxygen atoms in total. The Morgan fingerprint density at radius 2 is 1.88 bits per heavy atom. The molecule has 0 atom stereocenters. The van der Waals surface area contributed by atoms with E-state index >= 15 is 0 Å². The summed E-state index contributed by atoms with van der Waals surface area (Å²) in [5.41, 5.74) is 0. The third-order valence-electron chi connectivity index (χ3n) is 1.74. The van der Waals surface area contributed by atoms with Crippen molar-refractivity contribution in [3.63, 3.8) is 0 Å². The van der Waals surface area contributed by atoms with Crippen LogP contribution in [0.5, 0.6) is 0 Å². The Kier molecular flexibility index (Phi) is 10.4. The number of carbonyl (C=O) groups is 1. The van der Waals surface area contributed by atoms with Gasteiger partial charge in [-0.05, 0) is 12.5 Å². The van der Waals surface area contributed by atoms with E-state index in [1.54, 1.807) is 7.11 Å². The molecule has 0 aromatic heterocycles. The number of carbonyl (C=O) groups excluding carboxylic acids is 1. The number of methoxy groups -OCH3 is 1. The molecule has 16 heavy (non-hydrogen) atoms. The first kappa shape index (κ1) is 15.3. The molecular formula is C11H23NO4. The fourth-order valence-corrected chi connectivity index (χ4v) is 0.973. The third-order valence-corrected chi connectivity index (χ3v) is 1.74. The summed E-state index contributed by atoms with van der Waals surface area (Å²) in [6, 6.07) is 0. The lowest BCUT2D eigenvalue weighted by Crippen LogP contribution is -2.28. The second kappa shape index (κ2) is 10.9. The first-order chi connectivity index (χ1) is 7.66. The van der Waals surface area contributed by atoms with Gasteiger partial charge in [-0.2, -0.15) is 0 Å². The standard InChI is InChI=1S/C11H23NO4/c1-10(2)8-12-9-11(13)16-7-6-15-5-4-14-3/h10,12H,4-9H2,1-3H3. The van der Waals surface area contributed by atoms with Crippen LogP contribution in [0.2, 0.25) is 0 Å². The largest absolute Gasteiger partial charge is 0.462 e. The highest BCUT2D eigenvalue weighted by Gasteiger charge is 2.02. The third kappa shape index (κ3) is 11.4. The summed E-state index contributed by atoms with van der Waals surface area (Å²) < 4.78 is 14.9. The maximum Gasteiger partial charge on any atom is 0.320 e. The van der Waals surface area contributed by atoms with E-state index in [0.29, 0.717) is 32.3 Å². The van der Waals surface area contributed by atoms with Gasteiger partial charge in [0.25, 0.3) is 0 Å². The molecule has 0 unspecified atom stereocenters. The maximum atomic E-state index is 11.1. The van der Waals surface area contributed by atoms with Crippen molar-refractivity contribution >= 4 is 5.97 Å². The molecule has 0 saturated carbocycles. The summed E-state index contributed by atoms with van der Waals surface area (Å²) in [7, 11) is 1.61. The molecule has 0 bridgehead atoms. The van der Waals surface area contributed by atoms with E-state index in [0.717, 1.165) is 6.54 Å². The van der Waals surface area contributed by atoms with Gasteiger partial charge in [0, 0.05) is 7.11 Å². The monoisotopic (exact) mass is 233 g/mol. The molecule has 0 fully saturated rings. The van der Waals surface area contributed by atoms with Crippen LogP contribution in [-0.2, 0) is 19.0 Å². The zero-order valence-electron chi connectivity index (χ0n) is 10.5. The van der Waals surface area contributed by atoms with E-state index in [1.165, 1.54) is 0 Å². The number of esters is 1. The Labute approximate surface area is 97.4 Å². The van der Waals surface area contributed by atoms with Gasteiger partial charge in [-0.15, -0.1) is 0 Å². The van der Waals surface area contributed by atoms with Gasteiger partial charge in [0.15, 0.2) is 0 Å². The summed E-state index contributed by atoms with van der Waals surface area (Å²) >= 11 is 0. The van der Waals surface area contributed by atoms with Crippen LogP contribution in [0.15, 0.2) is 0 Å². The van der Waals surface area contributed by atoms with Crippen LogP contribution < -0.4 is 5.32 Å². The Bertz CT molecular complexity index is 173. The molecule has 5 heteroatoms. The van der Waals surface area contributed by atoms with Gasteiger partial charge < -0.3 is 19.5 Å². The summed E-state index contributed by atoms with van der Waals surface area (Å²) in [4.78, 5) is 11.1. The summed E-state index contributed by atoms with van der Waals surface area (Å²) in [6.45, 7) is 7.05. The van der Waals surface area contributed by atoms with E-state index in [1.807, 2.05) is 0 Å². The van der Waals surface area contributed by atoms with Crippen LogP contribution in [0.1, 0.15) is 13.8 Å². The predicted molar refractivity (Wildman–Crippen MR) is 61.4 cm³/mol. The van der Waals surface area contributed by atoms with Gasteiger partial charge >= 0.3 is 5.97 Å². The van der Waals surface area contributed by atoms with Gasteiger partial charge in [0.1, 0.15) is 6.61 Å². The van der Waals surface area contributed by atoms with Crippen molar-refractivity contribution in [1.29, 1.82) is 0 Å². The molecule has 0 aliphatic carbocycles. The zero-order valence-corrected chi connectivity index (χ0v) is 10.5. The van der Waals surface area contributed by atoms with Crippen LogP contribution in [0.3, 0.4) is 0 Å². The summed E-state index contributed by atoms with van der Waals surface area (Å²) in [5, 5.41) is 3.01. The second-order valence-corrected chi connectivity index (χ2v) is 3.85. The topological polar surface area (TPSA) is 56.8 Å². The lowest BCUT2D eigenvalue weighted by atomic mass is 10.2. The van der Waals surface area contributed by atoms with Crippen LogP contribution in [0.4, 0.5) is 0 Å². The van der Waals surface area contributed by atoms with E-state index in [-0.39, 0.29) is 12.5 Å². The number of rotatable bonds is 10. The zero-order chi connectivity index (χ0) is 12.2. The summed E-state index contributed by atoms with van der Waals surface area (Å²) in [6.07, 6.45) is 0. The molecule has 0 aliphatic rings. The highest BCUT2D eigenvalue weighted by Crippen LogP contribution is 1.87. The molecule has 1 N–H and O–H groups in total. The van der Waals surface area contributed by atoms with Crippen molar-refractivity contribution in [3.8, 4) is 0 Å². The average Bonchev–Trinajstić information content (AvgIpc) is 2.22. The normalized spacial score (nSPS) is 10.8. The molecule has 0 radical (unpaired) electrons. The Balaban J connectivity index is 3.17. The van der Waals surface area contributed by atoms with Crippen LogP contribution in [0.25, 0.3) is 0 Å². The number of nitrogens with one attached hydrogen (secondary N) is 1. The van der Waals surface area contributed by atoms with E-state index in [9.17, 15) is 4.79 Å². The van der Waals surface area contributed by atoms with Crippen molar-refractivity contribution in [2.45, 2.75) is 13.8 Å². The number of ether oxygens (including phenoxy) is 3. The first-order valence-electron chi connectivity index (χ1n) is 5.59. The van der Waals surface area contributed by atoms with Gasteiger partial charge in [-0.1, -0.05) is 13.8 Å². The van der Waals surface area contributed by atoms with Crippen molar-refractivity contribution in [1.82, 2.24) is 5.32 Å². The van der Waals surface area contributed by atoms with Gasteiger partial charge in [-0.3, -0.25) is 4.79 Å². The molecule has 0 rings (SSSR count). The van der Waals surface area contributed by atoms with Gasteiger partial charge in [-0.25, -0.2) is 0 Å².